The minimum absolute atomic E-state index is 0.0902. The van der Waals surface area contributed by atoms with Crippen molar-refractivity contribution < 1.29 is 14.6 Å². The monoisotopic (exact) mass is 306 g/mol. The summed E-state index contributed by atoms with van der Waals surface area (Å²) in [4.78, 5) is 12.6. The van der Waals surface area contributed by atoms with E-state index in [4.69, 9.17) is 9.84 Å². The zero-order chi connectivity index (χ0) is 15.9. The van der Waals surface area contributed by atoms with Crippen molar-refractivity contribution in [2.45, 2.75) is 44.9 Å². The van der Waals surface area contributed by atoms with Gasteiger partial charge in [-0.05, 0) is 25.3 Å². The third kappa shape index (κ3) is 4.21. The van der Waals surface area contributed by atoms with Crippen molar-refractivity contribution in [2.24, 2.45) is 0 Å². The molecule has 1 saturated heterocycles. The molecule has 1 amide bonds. The van der Waals surface area contributed by atoms with Gasteiger partial charge in [-0.15, -0.1) is 0 Å². The SMILES string of the molecule is CCO[C@H]1CN(C(=O)O)CC[C@H]1NC(CC)c1ccccc1. The van der Waals surface area contributed by atoms with Crippen LogP contribution >= 0.6 is 0 Å². The molecule has 1 aliphatic heterocycles. The normalized spacial score (nSPS) is 23.3. The molecule has 0 aromatic heterocycles. The Morgan fingerprint density at radius 3 is 2.73 bits per heavy atom. The Morgan fingerprint density at radius 2 is 2.14 bits per heavy atom. The van der Waals surface area contributed by atoms with Crippen molar-refractivity contribution in [3.63, 3.8) is 0 Å². The summed E-state index contributed by atoms with van der Waals surface area (Å²) in [5.74, 6) is 0. The molecule has 0 radical (unpaired) electrons. The highest BCUT2D eigenvalue weighted by atomic mass is 16.5. The maximum atomic E-state index is 11.2. The highest BCUT2D eigenvalue weighted by Gasteiger charge is 2.33. The van der Waals surface area contributed by atoms with Crippen molar-refractivity contribution in [1.29, 1.82) is 0 Å². The summed E-state index contributed by atoms with van der Waals surface area (Å²) >= 11 is 0. The fourth-order valence-electron chi connectivity index (χ4n) is 3.06. The standard InChI is InChI=1S/C17H26N2O3/c1-3-14(13-8-6-5-7-9-13)18-15-10-11-19(17(20)21)12-16(15)22-4-2/h5-9,14-16,18H,3-4,10-12H2,1-2H3,(H,20,21)/t14?,15-,16+/m1/s1. The summed E-state index contributed by atoms with van der Waals surface area (Å²) in [5, 5.41) is 12.8. The van der Waals surface area contributed by atoms with Crippen LogP contribution in [0, 0.1) is 0 Å². The molecular weight excluding hydrogens is 280 g/mol. The maximum Gasteiger partial charge on any atom is 0.407 e. The fraction of sp³-hybridized carbons (Fsp3) is 0.588. The zero-order valence-corrected chi connectivity index (χ0v) is 13.4. The van der Waals surface area contributed by atoms with Gasteiger partial charge in [0.1, 0.15) is 0 Å². The first-order valence-electron chi connectivity index (χ1n) is 8.06. The van der Waals surface area contributed by atoms with E-state index in [0.717, 1.165) is 12.8 Å². The average Bonchev–Trinajstić information content (AvgIpc) is 2.54. The molecule has 22 heavy (non-hydrogen) atoms. The molecule has 2 N–H and O–H groups in total. The lowest BCUT2D eigenvalue weighted by atomic mass is 9.97. The van der Waals surface area contributed by atoms with E-state index < -0.39 is 6.09 Å². The Bertz CT molecular complexity index is 466. The third-order valence-corrected chi connectivity index (χ3v) is 4.24. The molecule has 1 unspecified atom stereocenters. The lowest BCUT2D eigenvalue weighted by molar-refractivity contribution is -0.0153. The Morgan fingerprint density at radius 1 is 1.41 bits per heavy atom. The summed E-state index contributed by atoms with van der Waals surface area (Å²) in [6, 6.07) is 10.8. The second kappa shape index (κ2) is 8.15. The van der Waals surface area contributed by atoms with Gasteiger partial charge in [0, 0.05) is 25.2 Å². The minimum atomic E-state index is -0.863. The summed E-state index contributed by atoms with van der Waals surface area (Å²) in [6.07, 6.45) is 0.813. The van der Waals surface area contributed by atoms with E-state index in [1.165, 1.54) is 10.5 Å². The molecule has 1 aromatic rings. The van der Waals surface area contributed by atoms with E-state index in [-0.39, 0.29) is 18.2 Å². The third-order valence-electron chi connectivity index (χ3n) is 4.24. The van der Waals surface area contributed by atoms with E-state index in [1.54, 1.807) is 0 Å². The van der Waals surface area contributed by atoms with E-state index >= 15 is 0 Å². The van der Waals surface area contributed by atoms with E-state index in [1.807, 2.05) is 25.1 Å². The number of amides is 1. The van der Waals surface area contributed by atoms with Crippen molar-refractivity contribution in [1.82, 2.24) is 10.2 Å². The van der Waals surface area contributed by atoms with Crippen LogP contribution in [0.15, 0.2) is 30.3 Å². The number of carbonyl (C=O) groups is 1. The van der Waals surface area contributed by atoms with Crippen LogP contribution in [0.2, 0.25) is 0 Å². The van der Waals surface area contributed by atoms with E-state index in [2.05, 4.69) is 24.4 Å². The number of carboxylic acid groups (broad SMARTS) is 1. The number of rotatable bonds is 6. The van der Waals surface area contributed by atoms with Gasteiger partial charge in [0.05, 0.1) is 12.6 Å². The first-order valence-corrected chi connectivity index (χ1v) is 8.06. The van der Waals surface area contributed by atoms with Gasteiger partial charge < -0.3 is 20.1 Å². The maximum absolute atomic E-state index is 11.2. The Labute approximate surface area is 132 Å². The Kier molecular flexibility index (Phi) is 6.21. The second-order valence-electron chi connectivity index (χ2n) is 5.66. The highest BCUT2D eigenvalue weighted by Crippen LogP contribution is 2.22. The van der Waals surface area contributed by atoms with Crippen LogP contribution in [-0.2, 0) is 4.74 Å². The molecule has 0 bridgehead atoms. The highest BCUT2D eigenvalue weighted by molar-refractivity contribution is 5.65. The van der Waals surface area contributed by atoms with Crippen molar-refractivity contribution in [3.05, 3.63) is 35.9 Å². The first-order chi connectivity index (χ1) is 10.7. The molecule has 122 valence electrons. The van der Waals surface area contributed by atoms with Crippen molar-refractivity contribution in [2.75, 3.05) is 19.7 Å². The van der Waals surface area contributed by atoms with Gasteiger partial charge in [-0.1, -0.05) is 37.3 Å². The molecule has 0 aliphatic carbocycles. The predicted molar refractivity (Wildman–Crippen MR) is 86.0 cm³/mol. The second-order valence-corrected chi connectivity index (χ2v) is 5.66. The molecule has 5 nitrogen and oxygen atoms in total. The van der Waals surface area contributed by atoms with Gasteiger partial charge in [0.25, 0.3) is 0 Å². The average molecular weight is 306 g/mol. The zero-order valence-electron chi connectivity index (χ0n) is 13.4. The Hall–Kier alpha value is -1.59. The van der Waals surface area contributed by atoms with Crippen LogP contribution in [0.1, 0.15) is 38.3 Å². The molecule has 1 fully saturated rings. The summed E-state index contributed by atoms with van der Waals surface area (Å²) < 4.78 is 5.79. The molecule has 1 heterocycles. The molecule has 3 atom stereocenters. The van der Waals surface area contributed by atoms with Gasteiger partial charge in [0.15, 0.2) is 0 Å². The number of hydrogen-bond donors (Lipinski definition) is 2. The number of benzene rings is 1. The van der Waals surface area contributed by atoms with Gasteiger partial charge in [-0.3, -0.25) is 0 Å². The number of nitrogens with one attached hydrogen (secondary N) is 1. The minimum Gasteiger partial charge on any atom is -0.465 e. The van der Waals surface area contributed by atoms with Crippen LogP contribution in [0.5, 0.6) is 0 Å². The van der Waals surface area contributed by atoms with Crippen LogP contribution in [-0.4, -0.2) is 47.9 Å². The molecule has 1 aromatic carbocycles. The molecule has 1 aliphatic rings. The molecule has 2 rings (SSSR count). The Balaban J connectivity index is 2.04. The molecule has 0 saturated carbocycles. The lowest BCUT2D eigenvalue weighted by Crippen LogP contribution is -2.55. The molecule has 5 heteroatoms. The summed E-state index contributed by atoms with van der Waals surface area (Å²) in [6.45, 7) is 5.70. The van der Waals surface area contributed by atoms with E-state index in [0.29, 0.717) is 19.7 Å². The first kappa shape index (κ1) is 16.8. The van der Waals surface area contributed by atoms with Crippen LogP contribution < -0.4 is 5.32 Å². The van der Waals surface area contributed by atoms with Crippen LogP contribution in [0.25, 0.3) is 0 Å². The van der Waals surface area contributed by atoms with Gasteiger partial charge in [0.2, 0.25) is 0 Å². The van der Waals surface area contributed by atoms with E-state index in [9.17, 15) is 4.79 Å². The number of ether oxygens (including phenoxy) is 1. The number of piperidine rings is 1. The number of likely N-dealkylation sites (tertiary alicyclic amines) is 1. The van der Waals surface area contributed by atoms with Crippen molar-refractivity contribution in [3.8, 4) is 0 Å². The number of nitrogens with zero attached hydrogens (tertiary/aromatic N) is 1. The molecule has 0 spiro atoms. The number of hydrogen-bond acceptors (Lipinski definition) is 3. The quantitative estimate of drug-likeness (QED) is 0.848. The van der Waals surface area contributed by atoms with Crippen molar-refractivity contribution >= 4 is 6.09 Å². The summed E-state index contributed by atoms with van der Waals surface area (Å²) in [7, 11) is 0. The topological polar surface area (TPSA) is 61.8 Å². The predicted octanol–water partition coefficient (Wildman–Crippen LogP) is 2.88. The van der Waals surface area contributed by atoms with Gasteiger partial charge in [-0.2, -0.15) is 0 Å². The van der Waals surface area contributed by atoms with Gasteiger partial charge >= 0.3 is 6.09 Å². The van der Waals surface area contributed by atoms with Crippen LogP contribution in [0.3, 0.4) is 0 Å². The summed E-state index contributed by atoms with van der Waals surface area (Å²) in [5.41, 5.74) is 1.26. The van der Waals surface area contributed by atoms with Gasteiger partial charge in [-0.25, -0.2) is 4.79 Å². The fourth-order valence-corrected chi connectivity index (χ4v) is 3.06. The van der Waals surface area contributed by atoms with Crippen LogP contribution in [0.4, 0.5) is 4.79 Å². The molecular formula is C17H26N2O3. The smallest absolute Gasteiger partial charge is 0.407 e. The largest absolute Gasteiger partial charge is 0.465 e. The lowest BCUT2D eigenvalue weighted by Gasteiger charge is -2.39.